The Balaban J connectivity index is 0.00000220. The molecule has 1 fully saturated rings. The monoisotopic (exact) mass is 332 g/mol. The highest BCUT2D eigenvalue weighted by molar-refractivity contribution is 7.89. The van der Waals surface area contributed by atoms with E-state index in [0.717, 1.165) is 31.2 Å². The van der Waals surface area contributed by atoms with E-state index in [9.17, 15) is 8.42 Å². The van der Waals surface area contributed by atoms with E-state index in [1.165, 1.54) is 12.8 Å². The van der Waals surface area contributed by atoms with Crippen molar-refractivity contribution in [2.45, 2.75) is 55.9 Å². The molecule has 3 N–H and O–H groups in total. The summed E-state index contributed by atoms with van der Waals surface area (Å²) in [7, 11) is -3.46. The van der Waals surface area contributed by atoms with E-state index in [1.807, 2.05) is 13.0 Å². The smallest absolute Gasteiger partial charge is 0.240 e. The Hall–Kier alpha value is -0.620. The van der Waals surface area contributed by atoms with Crippen LogP contribution >= 0.6 is 12.4 Å². The van der Waals surface area contributed by atoms with Crippen LogP contribution < -0.4 is 10.5 Å². The number of nitrogens with two attached hydrogens (primary N) is 1. The first-order valence-corrected chi connectivity index (χ1v) is 8.75. The van der Waals surface area contributed by atoms with Crippen molar-refractivity contribution in [3.63, 3.8) is 0 Å². The molecule has 0 aliphatic heterocycles. The van der Waals surface area contributed by atoms with Gasteiger partial charge in [0, 0.05) is 12.1 Å². The van der Waals surface area contributed by atoms with Gasteiger partial charge in [-0.15, -0.1) is 12.4 Å². The van der Waals surface area contributed by atoms with Crippen LogP contribution in [0.25, 0.3) is 0 Å². The standard InChI is InChI=1S/C15H24N2O2S.ClH/c1-13-7-6-8-14(11-13)20(18,19)17-12-15(16)9-4-2-3-5-10-15;/h6-8,11,17H,2-5,9-10,12,16H2,1H3;1H. The molecule has 1 aromatic rings. The maximum absolute atomic E-state index is 12.3. The zero-order valence-corrected chi connectivity index (χ0v) is 14.1. The molecule has 0 heterocycles. The molecular weight excluding hydrogens is 308 g/mol. The molecule has 1 saturated carbocycles. The quantitative estimate of drug-likeness (QED) is 0.833. The Morgan fingerprint density at radius 3 is 2.38 bits per heavy atom. The van der Waals surface area contributed by atoms with Crippen LogP contribution in [0.5, 0.6) is 0 Å². The number of rotatable bonds is 4. The van der Waals surface area contributed by atoms with Crippen molar-refractivity contribution in [1.82, 2.24) is 4.72 Å². The number of nitrogens with one attached hydrogen (secondary N) is 1. The summed E-state index contributed by atoms with van der Waals surface area (Å²) < 4.78 is 27.3. The van der Waals surface area contributed by atoms with E-state index in [-0.39, 0.29) is 12.4 Å². The second kappa shape index (κ2) is 7.58. The third kappa shape index (κ3) is 5.25. The highest BCUT2D eigenvalue weighted by atomic mass is 35.5. The zero-order valence-electron chi connectivity index (χ0n) is 12.5. The molecule has 0 atom stereocenters. The molecule has 2 rings (SSSR count). The van der Waals surface area contributed by atoms with E-state index in [1.54, 1.807) is 18.2 Å². The van der Waals surface area contributed by atoms with Crippen LogP contribution in [0, 0.1) is 6.92 Å². The van der Waals surface area contributed by atoms with Gasteiger partial charge in [0.05, 0.1) is 4.90 Å². The lowest BCUT2D eigenvalue weighted by Crippen LogP contribution is -2.49. The van der Waals surface area contributed by atoms with Crippen LogP contribution in [0.3, 0.4) is 0 Å². The Kier molecular flexibility index (Phi) is 6.66. The molecule has 0 radical (unpaired) electrons. The van der Waals surface area contributed by atoms with Crippen LogP contribution in [0.2, 0.25) is 0 Å². The molecule has 0 unspecified atom stereocenters. The van der Waals surface area contributed by atoms with Gasteiger partial charge in [-0.05, 0) is 37.5 Å². The molecule has 0 saturated heterocycles. The molecule has 120 valence electrons. The van der Waals surface area contributed by atoms with Gasteiger partial charge in [0.25, 0.3) is 0 Å². The largest absolute Gasteiger partial charge is 0.324 e. The average Bonchev–Trinajstić information content (AvgIpc) is 2.62. The molecule has 0 aromatic heterocycles. The summed E-state index contributed by atoms with van der Waals surface area (Å²) in [6.07, 6.45) is 6.35. The van der Waals surface area contributed by atoms with Crippen LogP contribution in [0.4, 0.5) is 0 Å². The maximum atomic E-state index is 12.3. The van der Waals surface area contributed by atoms with E-state index in [2.05, 4.69) is 4.72 Å². The predicted octanol–water partition coefficient (Wildman–Crippen LogP) is 2.75. The predicted molar refractivity (Wildman–Crippen MR) is 88.2 cm³/mol. The van der Waals surface area contributed by atoms with Crippen molar-refractivity contribution in [2.24, 2.45) is 5.73 Å². The maximum Gasteiger partial charge on any atom is 0.240 e. The zero-order chi connectivity index (χ0) is 14.6. The molecule has 0 spiro atoms. The van der Waals surface area contributed by atoms with Crippen LogP contribution in [-0.2, 0) is 10.0 Å². The van der Waals surface area contributed by atoms with Gasteiger partial charge in [0.15, 0.2) is 0 Å². The number of halogens is 1. The Morgan fingerprint density at radius 2 is 1.81 bits per heavy atom. The van der Waals surface area contributed by atoms with Gasteiger partial charge >= 0.3 is 0 Å². The number of hydrogen-bond donors (Lipinski definition) is 2. The Labute approximate surface area is 134 Å². The van der Waals surface area contributed by atoms with E-state index in [0.29, 0.717) is 11.4 Å². The normalized spacial score (nSPS) is 18.6. The second-order valence-electron chi connectivity index (χ2n) is 5.92. The van der Waals surface area contributed by atoms with E-state index in [4.69, 9.17) is 5.73 Å². The number of hydrogen-bond acceptors (Lipinski definition) is 3. The highest BCUT2D eigenvalue weighted by Crippen LogP contribution is 2.24. The summed E-state index contributed by atoms with van der Waals surface area (Å²) >= 11 is 0. The topological polar surface area (TPSA) is 72.2 Å². The minimum Gasteiger partial charge on any atom is -0.324 e. The number of benzene rings is 1. The molecule has 6 heteroatoms. The summed E-state index contributed by atoms with van der Waals surface area (Å²) in [5.41, 5.74) is 6.89. The summed E-state index contributed by atoms with van der Waals surface area (Å²) in [5, 5.41) is 0. The van der Waals surface area contributed by atoms with Crippen molar-refractivity contribution >= 4 is 22.4 Å². The summed E-state index contributed by atoms with van der Waals surface area (Å²) in [6, 6.07) is 6.94. The Bertz CT molecular complexity index is 553. The van der Waals surface area contributed by atoms with Gasteiger partial charge in [-0.1, -0.05) is 37.8 Å². The molecule has 1 aliphatic rings. The first-order chi connectivity index (χ1) is 9.41. The van der Waals surface area contributed by atoms with Gasteiger partial charge < -0.3 is 5.73 Å². The van der Waals surface area contributed by atoms with E-state index < -0.39 is 15.6 Å². The summed E-state index contributed by atoms with van der Waals surface area (Å²) in [5.74, 6) is 0. The molecular formula is C15H25ClN2O2S. The fraction of sp³-hybridized carbons (Fsp3) is 0.600. The average molecular weight is 333 g/mol. The van der Waals surface area contributed by atoms with Crippen LogP contribution in [-0.4, -0.2) is 20.5 Å². The number of sulfonamides is 1. The van der Waals surface area contributed by atoms with Crippen LogP contribution in [0.1, 0.15) is 44.1 Å². The third-order valence-corrected chi connectivity index (χ3v) is 5.41. The molecule has 1 aromatic carbocycles. The first-order valence-electron chi connectivity index (χ1n) is 7.27. The highest BCUT2D eigenvalue weighted by Gasteiger charge is 2.28. The third-order valence-electron chi connectivity index (χ3n) is 4.01. The van der Waals surface area contributed by atoms with Gasteiger partial charge in [-0.3, -0.25) is 0 Å². The minimum absolute atomic E-state index is 0. The van der Waals surface area contributed by atoms with Gasteiger partial charge in [0.1, 0.15) is 0 Å². The van der Waals surface area contributed by atoms with Gasteiger partial charge in [-0.2, -0.15) is 0 Å². The minimum atomic E-state index is -3.46. The second-order valence-corrected chi connectivity index (χ2v) is 7.68. The molecule has 0 amide bonds. The summed E-state index contributed by atoms with van der Waals surface area (Å²) in [4.78, 5) is 0.315. The van der Waals surface area contributed by atoms with Crippen molar-refractivity contribution in [3.8, 4) is 0 Å². The van der Waals surface area contributed by atoms with Crippen molar-refractivity contribution < 1.29 is 8.42 Å². The van der Waals surface area contributed by atoms with Crippen LogP contribution in [0.15, 0.2) is 29.2 Å². The Morgan fingerprint density at radius 1 is 1.19 bits per heavy atom. The molecule has 1 aliphatic carbocycles. The lowest BCUT2D eigenvalue weighted by molar-refractivity contribution is 0.369. The lowest BCUT2D eigenvalue weighted by atomic mass is 9.92. The first kappa shape index (κ1) is 18.4. The molecule has 0 bridgehead atoms. The fourth-order valence-electron chi connectivity index (χ4n) is 2.71. The van der Waals surface area contributed by atoms with Gasteiger partial charge in [0.2, 0.25) is 10.0 Å². The molecule has 21 heavy (non-hydrogen) atoms. The molecule has 4 nitrogen and oxygen atoms in total. The van der Waals surface area contributed by atoms with Crippen molar-refractivity contribution in [2.75, 3.05) is 6.54 Å². The van der Waals surface area contributed by atoms with Gasteiger partial charge in [-0.25, -0.2) is 13.1 Å². The van der Waals surface area contributed by atoms with Crippen molar-refractivity contribution in [3.05, 3.63) is 29.8 Å². The van der Waals surface area contributed by atoms with Crippen molar-refractivity contribution in [1.29, 1.82) is 0 Å². The number of aryl methyl sites for hydroxylation is 1. The lowest BCUT2D eigenvalue weighted by Gasteiger charge is -2.28. The summed E-state index contributed by atoms with van der Waals surface area (Å²) in [6.45, 7) is 2.21. The van der Waals surface area contributed by atoms with E-state index >= 15 is 0 Å². The SMILES string of the molecule is Cc1cccc(S(=O)(=O)NCC2(N)CCCCCC2)c1.Cl. The fourth-order valence-corrected chi connectivity index (χ4v) is 3.96.